The van der Waals surface area contributed by atoms with Crippen molar-refractivity contribution in [2.45, 2.75) is 44.9 Å². The van der Waals surface area contributed by atoms with E-state index in [1.807, 2.05) is 0 Å². The summed E-state index contributed by atoms with van der Waals surface area (Å²) in [6.07, 6.45) is -4.02. The third kappa shape index (κ3) is 6.13. The first-order chi connectivity index (χ1) is 19.6. The van der Waals surface area contributed by atoms with Crippen LogP contribution in [0.1, 0.15) is 54.7 Å². The summed E-state index contributed by atoms with van der Waals surface area (Å²) in [4.78, 5) is 34.8. The lowest BCUT2D eigenvalue weighted by Crippen LogP contribution is -2.40. The Hall–Kier alpha value is -4.70. The molecule has 0 saturated heterocycles. The molecule has 0 bridgehead atoms. The molecule has 3 aromatic rings. The average Bonchev–Trinajstić information content (AvgIpc) is 3.24. The fourth-order valence-electron chi connectivity index (χ4n) is 4.55. The summed E-state index contributed by atoms with van der Waals surface area (Å²) in [6.45, 7) is 6.65. The Morgan fingerprint density at radius 3 is 2.50 bits per heavy atom. The molecule has 0 spiro atoms. The summed E-state index contributed by atoms with van der Waals surface area (Å²) in [7, 11) is 1.06. The molecule has 0 fully saturated rings. The third-order valence-electron chi connectivity index (χ3n) is 6.51. The first kappa shape index (κ1) is 30.3. The van der Waals surface area contributed by atoms with Gasteiger partial charge in [0, 0.05) is 29.4 Å². The van der Waals surface area contributed by atoms with Crippen molar-refractivity contribution < 1.29 is 37.3 Å². The van der Waals surface area contributed by atoms with Gasteiger partial charge in [-0.25, -0.2) is 19.6 Å². The fraction of sp³-hybridized carbons (Fsp3) is 0.345. The summed E-state index contributed by atoms with van der Waals surface area (Å²) in [5, 5.41) is 23.0. The van der Waals surface area contributed by atoms with E-state index in [-0.39, 0.29) is 35.9 Å². The standard InChI is InChI=1S/C29H28F3N5O5/c1-27(2,3)42-26(40)37-14-28(4,15-38)21-11-16(8-18(13-33)23(21)37)22-6-7-34-25(36-22)35-20-10-17(24(39)41-5)9-19(12-20)29(30,31)32/h6-12,38H,14-15H2,1-5H3,(H,34,35,36). The number of nitrogens with zero attached hydrogens (tertiary/aromatic N) is 4. The second kappa shape index (κ2) is 10.9. The number of carbonyl (C=O) groups is 2. The number of aliphatic hydroxyl groups excluding tert-OH is 1. The third-order valence-corrected chi connectivity index (χ3v) is 6.51. The van der Waals surface area contributed by atoms with Gasteiger partial charge in [0.15, 0.2) is 0 Å². The number of amides is 1. The van der Waals surface area contributed by atoms with Gasteiger partial charge in [-0.05, 0) is 62.7 Å². The van der Waals surface area contributed by atoms with Gasteiger partial charge in [0.1, 0.15) is 11.7 Å². The lowest BCUT2D eigenvalue weighted by atomic mass is 9.83. The summed E-state index contributed by atoms with van der Waals surface area (Å²) < 4.78 is 50.6. The van der Waals surface area contributed by atoms with E-state index in [9.17, 15) is 33.1 Å². The number of rotatable bonds is 5. The molecule has 1 aliphatic rings. The molecule has 1 atom stereocenters. The van der Waals surface area contributed by atoms with Crippen LogP contribution in [0.25, 0.3) is 11.3 Å². The first-order valence-electron chi connectivity index (χ1n) is 12.7. The van der Waals surface area contributed by atoms with Crippen molar-refractivity contribution in [1.82, 2.24) is 9.97 Å². The number of nitriles is 1. The molecule has 10 nitrogen and oxygen atoms in total. The van der Waals surface area contributed by atoms with Gasteiger partial charge in [0.25, 0.3) is 0 Å². The predicted molar refractivity (Wildman–Crippen MR) is 146 cm³/mol. The number of benzene rings is 2. The van der Waals surface area contributed by atoms with Crippen molar-refractivity contribution in [1.29, 1.82) is 5.26 Å². The van der Waals surface area contributed by atoms with Crippen molar-refractivity contribution in [3.63, 3.8) is 0 Å². The van der Waals surface area contributed by atoms with E-state index in [4.69, 9.17) is 4.74 Å². The van der Waals surface area contributed by atoms with Crippen LogP contribution < -0.4 is 10.2 Å². The monoisotopic (exact) mass is 583 g/mol. The van der Waals surface area contributed by atoms with Crippen LogP contribution in [-0.2, 0) is 21.1 Å². The molecular weight excluding hydrogens is 555 g/mol. The van der Waals surface area contributed by atoms with E-state index in [0.717, 1.165) is 13.2 Å². The van der Waals surface area contributed by atoms with E-state index >= 15 is 0 Å². The van der Waals surface area contributed by atoms with Crippen LogP contribution >= 0.6 is 0 Å². The Morgan fingerprint density at radius 2 is 1.90 bits per heavy atom. The van der Waals surface area contributed by atoms with Crippen LogP contribution in [0, 0.1) is 11.3 Å². The number of aromatic nitrogens is 2. The molecule has 42 heavy (non-hydrogen) atoms. The maximum atomic E-state index is 13.5. The van der Waals surface area contributed by atoms with E-state index in [1.165, 1.54) is 29.3 Å². The molecule has 220 valence electrons. The van der Waals surface area contributed by atoms with Gasteiger partial charge in [-0.3, -0.25) is 4.90 Å². The number of methoxy groups -OCH3 is 1. The first-order valence-corrected chi connectivity index (χ1v) is 12.7. The molecule has 1 unspecified atom stereocenters. The minimum Gasteiger partial charge on any atom is -0.465 e. The normalized spacial score (nSPS) is 16.4. The maximum absolute atomic E-state index is 13.5. The van der Waals surface area contributed by atoms with Crippen LogP contribution in [0.3, 0.4) is 0 Å². The van der Waals surface area contributed by atoms with Crippen LogP contribution in [0.5, 0.6) is 0 Å². The highest BCUT2D eigenvalue weighted by Gasteiger charge is 2.44. The number of esters is 1. The lowest BCUT2D eigenvalue weighted by molar-refractivity contribution is -0.137. The molecule has 0 radical (unpaired) electrons. The zero-order valence-electron chi connectivity index (χ0n) is 23.5. The lowest BCUT2D eigenvalue weighted by Gasteiger charge is -2.26. The largest absolute Gasteiger partial charge is 0.465 e. The van der Waals surface area contributed by atoms with Gasteiger partial charge in [-0.15, -0.1) is 0 Å². The van der Waals surface area contributed by atoms with Crippen molar-refractivity contribution in [2.24, 2.45) is 0 Å². The summed E-state index contributed by atoms with van der Waals surface area (Å²) in [6, 6.07) is 9.53. The van der Waals surface area contributed by atoms with Crippen molar-refractivity contribution in [3.8, 4) is 17.3 Å². The molecule has 1 aromatic heterocycles. The molecule has 1 aliphatic heterocycles. The van der Waals surface area contributed by atoms with Gasteiger partial charge in [-0.2, -0.15) is 18.4 Å². The zero-order chi connectivity index (χ0) is 31.0. The Labute approximate surface area is 239 Å². The smallest absolute Gasteiger partial charge is 0.416 e. The number of anilines is 3. The van der Waals surface area contributed by atoms with Gasteiger partial charge >= 0.3 is 18.2 Å². The minimum absolute atomic E-state index is 0.0700. The summed E-state index contributed by atoms with van der Waals surface area (Å²) >= 11 is 0. The van der Waals surface area contributed by atoms with Crippen molar-refractivity contribution >= 4 is 29.4 Å². The fourth-order valence-corrected chi connectivity index (χ4v) is 4.55. The highest BCUT2D eigenvalue weighted by Crippen LogP contribution is 2.45. The number of hydrogen-bond acceptors (Lipinski definition) is 9. The number of fused-ring (bicyclic) bond motifs is 1. The SMILES string of the molecule is COC(=O)c1cc(Nc2nccc(-c3cc(C#N)c4c(c3)C(C)(CO)CN4C(=O)OC(C)(C)C)n2)cc(C(F)(F)F)c1. The van der Waals surface area contributed by atoms with Crippen LogP contribution in [-0.4, -0.2) is 53.0 Å². The van der Waals surface area contributed by atoms with Crippen LogP contribution in [0.15, 0.2) is 42.6 Å². The number of aliphatic hydroxyl groups is 1. The Balaban J connectivity index is 1.76. The quantitative estimate of drug-likeness (QED) is 0.369. The summed E-state index contributed by atoms with van der Waals surface area (Å²) in [5.74, 6) is -1.03. The number of halogens is 3. The van der Waals surface area contributed by atoms with E-state index in [2.05, 4.69) is 26.1 Å². The minimum atomic E-state index is -4.73. The topological polar surface area (TPSA) is 138 Å². The molecule has 0 saturated carbocycles. The van der Waals surface area contributed by atoms with Crippen LogP contribution in [0.2, 0.25) is 0 Å². The molecule has 2 N–H and O–H groups in total. The molecular formula is C29H28F3N5O5. The van der Waals surface area contributed by atoms with Gasteiger partial charge in [0.05, 0.1) is 41.8 Å². The highest BCUT2D eigenvalue weighted by molar-refractivity contribution is 5.95. The Bertz CT molecular complexity index is 1600. The molecule has 0 aliphatic carbocycles. The van der Waals surface area contributed by atoms with Gasteiger partial charge in [-0.1, -0.05) is 6.92 Å². The highest BCUT2D eigenvalue weighted by atomic mass is 19.4. The number of ether oxygens (including phenoxy) is 2. The average molecular weight is 584 g/mol. The van der Waals surface area contributed by atoms with Gasteiger partial charge < -0.3 is 19.9 Å². The Kier molecular flexibility index (Phi) is 7.88. The van der Waals surface area contributed by atoms with Crippen molar-refractivity contribution in [3.05, 3.63) is 64.8 Å². The molecule has 13 heteroatoms. The summed E-state index contributed by atoms with van der Waals surface area (Å²) in [5.41, 5.74) is -1.47. The zero-order valence-corrected chi connectivity index (χ0v) is 23.5. The van der Waals surface area contributed by atoms with E-state index in [1.54, 1.807) is 33.8 Å². The molecule has 2 heterocycles. The number of carbonyl (C=O) groups excluding carboxylic acids is 2. The van der Waals surface area contributed by atoms with Gasteiger partial charge in [0.2, 0.25) is 5.95 Å². The van der Waals surface area contributed by atoms with Crippen molar-refractivity contribution in [2.75, 3.05) is 30.5 Å². The predicted octanol–water partition coefficient (Wildman–Crippen LogP) is 5.57. The number of hydrogen-bond donors (Lipinski definition) is 2. The van der Waals surface area contributed by atoms with E-state index in [0.29, 0.717) is 28.6 Å². The molecule has 4 rings (SSSR count). The Morgan fingerprint density at radius 1 is 1.19 bits per heavy atom. The molecule has 2 aromatic carbocycles. The van der Waals surface area contributed by atoms with Crippen LogP contribution in [0.4, 0.5) is 35.3 Å². The number of nitrogens with one attached hydrogen (secondary N) is 1. The second-order valence-corrected chi connectivity index (χ2v) is 11.0. The van der Waals surface area contributed by atoms with E-state index < -0.39 is 34.8 Å². The molecule has 1 amide bonds. The second-order valence-electron chi connectivity index (χ2n) is 11.0. The maximum Gasteiger partial charge on any atom is 0.416 e. The number of alkyl halides is 3.